The van der Waals surface area contributed by atoms with Gasteiger partial charge in [-0.25, -0.2) is 9.97 Å². The number of hydrogen-bond donors (Lipinski definition) is 0. The van der Waals surface area contributed by atoms with E-state index in [4.69, 9.17) is 23.2 Å². The first-order valence-corrected chi connectivity index (χ1v) is 7.57. The second-order valence-electron chi connectivity index (χ2n) is 4.43. The van der Waals surface area contributed by atoms with Gasteiger partial charge in [0.1, 0.15) is 5.15 Å². The summed E-state index contributed by atoms with van der Waals surface area (Å²) in [6, 6.07) is 7.21. The Morgan fingerprint density at radius 3 is 2.67 bits per heavy atom. The van der Waals surface area contributed by atoms with Gasteiger partial charge in [0.15, 0.2) is 5.82 Å². The second-order valence-corrected chi connectivity index (χ2v) is 6.14. The van der Waals surface area contributed by atoms with Crippen LogP contribution in [0.15, 0.2) is 41.1 Å². The van der Waals surface area contributed by atoms with Crippen LogP contribution in [-0.2, 0) is 7.05 Å². The molecular formula is C14H9BrCl2N4. The first kappa shape index (κ1) is 14.5. The van der Waals surface area contributed by atoms with Crippen LogP contribution in [0, 0.1) is 0 Å². The summed E-state index contributed by atoms with van der Waals surface area (Å²) in [6.45, 7) is 0. The Hall–Kier alpha value is -1.43. The normalized spacial score (nSPS) is 10.9. The molecule has 0 bridgehead atoms. The predicted molar refractivity (Wildman–Crippen MR) is 87.4 cm³/mol. The molecule has 0 spiro atoms. The molecule has 0 aliphatic rings. The molecule has 0 amide bonds. The summed E-state index contributed by atoms with van der Waals surface area (Å²) in [5.41, 5.74) is 2.29. The number of nitrogens with zero attached hydrogens (tertiary/aromatic N) is 4. The molecule has 7 heteroatoms. The van der Waals surface area contributed by atoms with Gasteiger partial charge >= 0.3 is 0 Å². The number of benzene rings is 1. The highest BCUT2D eigenvalue weighted by atomic mass is 79.9. The highest BCUT2D eigenvalue weighted by Gasteiger charge is 2.12. The number of halogens is 3. The quantitative estimate of drug-likeness (QED) is 0.606. The second kappa shape index (κ2) is 5.75. The third-order valence-electron chi connectivity index (χ3n) is 2.86. The largest absolute Gasteiger partial charge is 0.275 e. The third kappa shape index (κ3) is 3.10. The van der Waals surface area contributed by atoms with Gasteiger partial charge < -0.3 is 0 Å². The van der Waals surface area contributed by atoms with Crippen LogP contribution in [0.1, 0.15) is 0 Å². The van der Waals surface area contributed by atoms with Gasteiger partial charge in [-0.2, -0.15) is 5.10 Å². The van der Waals surface area contributed by atoms with E-state index in [1.54, 1.807) is 23.0 Å². The van der Waals surface area contributed by atoms with Crippen molar-refractivity contribution in [3.05, 3.63) is 51.3 Å². The van der Waals surface area contributed by atoms with Gasteiger partial charge in [0, 0.05) is 34.9 Å². The summed E-state index contributed by atoms with van der Waals surface area (Å²) < 4.78 is 2.60. The van der Waals surface area contributed by atoms with Gasteiger partial charge in [-0.3, -0.25) is 4.68 Å². The average Bonchev–Trinajstić information content (AvgIpc) is 2.87. The van der Waals surface area contributed by atoms with Crippen molar-refractivity contribution in [1.82, 2.24) is 19.7 Å². The van der Waals surface area contributed by atoms with Crippen molar-refractivity contribution >= 4 is 39.1 Å². The zero-order chi connectivity index (χ0) is 15.0. The van der Waals surface area contributed by atoms with Crippen molar-refractivity contribution in [1.29, 1.82) is 0 Å². The Balaban J connectivity index is 2.16. The number of aryl methyl sites for hydroxylation is 1. The van der Waals surface area contributed by atoms with Crippen LogP contribution >= 0.6 is 39.1 Å². The van der Waals surface area contributed by atoms with Crippen LogP contribution in [0.3, 0.4) is 0 Å². The molecule has 0 saturated heterocycles. The number of rotatable bonds is 2. The van der Waals surface area contributed by atoms with Crippen LogP contribution in [0.5, 0.6) is 0 Å². The molecular weight excluding hydrogens is 375 g/mol. The smallest absolute Gasteiger partial charge is 0.163 e. The molecule has 0 atom stereocenters. The van der Waals surface area contributed by atoms with Crippen LogP contribution in [0.2, 0.25) is 10.2 Å². The highest BCUT2D eigenvalue weighted by Crippen LogP contribution is 2.31. The fourth-order valence-electron chi connectivity index (χ4n) is 1.91. The molecule has 4 nitrogen and oxygen atoms in total. The van der Waals surface area contributed by atoms with Gasteiger partial charge in [-0.1, -0.05) is 39.1 Å². The molecule has 3 rings (SSSR count). The van der Waals surface area contributed by atoms with Crippen LogP contribution in [-0.4, -0.2) is 19.7 Å². The summed E-state index contributed by atoms with van der Waals surface area (Å²) >= 11 is 15.8. The zero-order valence-electron chi connectivity index (χ0n) is 10.9. The minimum atomic E-state index is 0.356. The van der Waals surface area contributed by atoms with Gasteiger partial charge in [-0.05, 0) is 18.2 Å². The molecule has 0 radical (unpaired) electrons. The Labute approximate surface area is 139 Å². The molecule has 106 valence electrons. The van der Waals surface area contributed by atoms with Gasteiger partial charge in [0.25, 0.3) is 0 Å². The summed E-state index contributed by atoms with van der Waals surface area (Å²) in [7, 11) is 1.85. The van der Waals surface area contributed by atoms with Crippen molar-refractivity contribution in [3.8, 4) is 22.6 Å². The van der Waals surface area contributed by atoms with Gasteiger partial charge in [-0.15, -0.1) is 0 Å². The van der Waals surface area contributed by atoms with Crippen molar-refractivity contribution in [3.63, 3.8) is 0 Å². The van der Waals surface area contributed by atoms with E-state index < -0.39 is 0 Å². The van der Waals surface area contributed by atoms with E-state index in [-0.39, 0.29) is 0 Å². The van der Waals surface area contributed by atoms with Crippen molar-refractivity contribution in [2.24, 2.45) is 7.05 Å². The summed E-state index contributed by atoms with van der Waals surface area (Å²) in [5.74, 6) is 0.479. The first-order valence-electron chi connectivity index (χ1n) is 6.02. The molecule has 2 aromatic heterocycles. The Bertz CT molecular complexity index is 816. The van der Waals surface area contributed by atoms with Gasteiger partial charge in [0.2, 0.25) is 0 Å². The molecule has 2 heterocycles. The molecule has 1 aromatic carbocycles. The van der Waals surface area contributed by atoms with E-state index in [9.17, 15) is 0 Å². The summed E-state index contributed by atoms with van der Waals surface area (Å²) in [4.78, 5) is 8.80. The molecule has 0 N–H and O–H groups in total. The SMILES string of the molecule is Cn1cc(-c2cc(Cl)nc(-c3cc(Br)ccc3Cl)n2)cn1. The van der Waals surface area contributed by atoms with Crippen molar-refractivity contribution < 1.29 is 0 Å². The molecule has 0 saturated carbocycles. The topological polar surface area (TPSA) is 43.6 Å². The zero-order valence-corrected chi connectivity index (χ0v) is 14.0. The minimum Gasteiger partial charge on any atom is -0.275 e. The number of hydrogen-bond acceptors (Lipinski definition) is 3. The van der Waals surface area contributed by atoms with Gasteiger partial charge in [0.05, 0.1) is 16.9 Å². The lowest BCUT2D eigenvalue weighted by atomic mass is 10.2. The number of aromatic nitrogens is 4. The fraction of sp³-hybridized carbons (Fsp3) is 0.0714. The lowest BCUT2D eigenvalue weighted by molar-refractivity contribution is 0.768. The highest BCUT2D eigenvalue weighted by molar-refractivity contribution is 9.10. The maximum Gasteiger partial charge on any atom is 0.163 e. The van der Waals surface area contributed by atoms with Crippen LogP contribution < -0.4 is 0 Å². The minimum absolute atomic E-state index is 0.356. The van der Waals surface area contributed by atoms with E-state index >= 15 is 0 Å². The Morgan fingerprint density at radius 1 is 1.14 bits per heavy atom. The molecule has 0 aliphatic heterocycles. The molecule has 0 aliphatic carbocycles. The van der Waals surface area contributed by atoms with E-state index in [0.717, 1.165) is 15.6 Å². The lowest BCUT2D eigenvalue weighted by Crippen LogP contribution is -1.93. The van der Waals surface area contributed by atoms with E-state index in [1.165, 1.54) is 0 Å². The summed E-state index contributed by atoms with van der Waals surface area (Å²) in [5, 5.41) is 5.06. The molecule has 21 heavy (non-hydrogen) atoms. The third-order valence-corrected chi connectivity index (χ3v) is 3.88. The first-order chi connectivity index (χ1) is 10.0. The molecule has 0 fully saturated rings. The van der Waals surface area contributed by atoms with E-state index in [0.29, 0.717) is 21.7 Å². The Morgan fingerprint density at radius 2 is 1.95 bits per heavy atom. The maximum absolute atomic E-state index is 6.23. The van der Waals surface area contributed by atoms with Crippen molar-refractivity contribution in [2.75, 3.05) is 0 Å². The lowest BCUT2D eigenvalue weighted by Gasteiger charge is -2.06. The maximum atomic E-state index is 6.23. The van der Waals surface area contributed by atoms with Crippen LogP contribution in [0.25, 0.3) is 22.6 Å². The monoisotopic (exact) mass is 382 g/mol. The standard InChI is InChI=1S/C14H9BrCl2N4/c1-21-7-8(6-18-21)12-5-13(17)20-14(19-12)10-4-9(15)2-3-11(10)16/h2-7H,1H3. The molecule has 0 unspecified atom stereocenters. The van der Waals surface area contributed by atoms with Crippen LogP contribution in [0.4, 0.5) is 0 Å². The Kier molecular flexibility index (Phi) is 3.97. The predicted octanol–water partition coefficient (Wildman–Crippen LogP) is 4.61. The van der Waals surface area contributed by atoms with E-state index in [1.807, 2.05) is 25.4 Å². The summed E-state index contributed by atoms with van der Waals surface area (Å²) in [6.07, 6.45) is 3.59. The molecule has 3 aromatic rings. The van der Waals surface area contributed by atoms with Crippen molar-refractivity contribution in [2.45, 2.75) is 0 Å². The fourth-order valence-corrected chi connectivity index (χ4v) is 2.65. The average molecular weight is 384 g/mol. The van der Waals surface area contributed by atoms with E-state index in [2.05, 4.69) is 31.0 Å².